The van der Waals surface area contributed by atoms with Gasteiger partial charge in [-0.25, -0.2) is 9.67 Å². The molecule has 148 valence electrons. The van der Waals surface area contributed by atoms with Crippen LogP contribution in [0.15, 0.2) is 51.9 Å². The molecular formula is C21H20N4O3S. The number of nitrogens with zero attached hydrogens (tertiary/aromatic N) is 3. The fourth-order valence-electron chi connectivity index (χ4n) is 3.04. The van der Waals surface area contributed by atoms with Crippen LogP contribution < -0.4 is 10.9 Å². The number of anilines is 1. The van der Waals surface area contributed by atoms with Gasteiger partial charge in [-0.05, 0) is 42.7 Å². The van der Waals surface area contributed by atoms with Crippen molar-refractivity contribution in [2.45, 2.75) is 33.2 Å². The molecule has 4 rings (SSSR count). The molecule has 0 aliphatic carbocycles. The number of hydrogen-bond donors (Lipinski definition) is 1. The van der Waals surface area contributed by atoms with Crippen LogP contribution in [0.4, 0.5) is 5.69 Å². The van der Waals surface area contributed by atoms with Crippen LogP contribution in [0.1, 0.15) is 30.3 Å². The Labute approximate surface area is 171 Å². The average Bonchev–Trinajstić information content (AvgIpc) is 3.34. The highest BCUT2D eigenvalue weighted by Crippen LogP contribution is 2.29. The van der Waals surface area contributed by atoms with Crippen LogP contribution in [0.2, 0.25) is 0 Å². The summed E-state index contributed by atoms with van der Waals surface area (Å²) in [5.74, 6) is 0.599. The Morgan fingerprint density at radius 1 is 1.24 bits per heavy atom. The van der Waals surface area contributed by atoms with Gasteiger partial charge in [0.2, 0.25) is 5.91 Å². The molecule has 8 heteroatoms. The van der Waals surface area contributed by atoms with Crippen LogP contribution in [0, 0.1) is 6.92 Å². The zero-order valence-electron chi connectivity index (χ0n) is 16.3. The summed E-state index contributed by atoms with van der Waals surface area (Å²) in [4.78, 5) is 29.7. The minimum atomic E-state index is -0.398. The molecule has 3 aromatic heterocycles. The summed E-state index contributed by atoms with van der Waals surface area (Å²) in [6.07, 6.45) is 1.54. The van der Waals surface area contributed by atoms with E-state index in [0.717, 1.165) is 9.69 Å². The molecule has 0 aliphatic rings. The average molecular weight is 408 g/mol. The van der Waals surface area contributed by atoms with E-state index < -0.39 is 5.56 Å². The minimum Gasteiger partial charge on any atom is -0.463 e. The molecule has 4 aromatic rings. The molecule has 1 amide bonds. The van der Waals surface area contributed by atoms with Gasteiger partial charge in [-0.15, -0.1) is 11.3 Å². The number of rotatable bonds is 5. The maximum atomic E-state index is 12.8. The standard InChI is InChI=1S/C21H20N4O3S/c1-12(2)14-6-8-15(9-7-14)23-17(26)11-25-21(27)19-20(29-13(3)22-19)18(24-25)16-5-4-10-28-16/h4-10,12H,11H2,1-3H3,(H,23,26). The number of carbonyl (C=O) groups excluding carboxylic acids is 1. The van der Waals surface area contributed by atoms with E-state index in [1.807, 2.05) is 31.2 Å². The zero-order chi connectivity index (χ0) is 20.5. The number of amides is 1. The van der Waals surface area contributed by atoms with Crippen molar-refractivity contribution in [1.29, 1.82) is 0 Å². The van der Waals surface area contributed by atoms with Crippen LogP contribution >= 0.6 is 11.3 Å². The van der Waals surface area contributed by atoms with Gasteiger partial charge in [-0.3, -0.25) is 9.59 Å². The van der Waals surface area contributed by atoms with Crippen LogP contribution in [0.5, 0.6) is 0 Å². The molecule has 0 saturated heterocycles. The van der Waals surface area contributed by atoms with Crippen molar-refractivity contribution >= 4 is 33.1 Å². The number of aryl methyl sites for hydroxylation is 1. The molecule has 0 radical (unpaired) electrons. The molecule has 0 saturated carbocycles. The molecule has 7 nitrogen and oxygen atoms in total. The molecule has 0 atom stereocenters. The second-order valence-corrected chi connectivity index (χ2v) is 8.23. The van der Waals surface area contributed by atoms with Crippen molar-refractivity contribution in [1.82, 2.24) is 14.8 Å². The first-order valence-corrected chi connectivity index (χ1v) is 10.1. The number of furan rings is 1. The molecule has 3 heterocycles. The van der Waals surface area contributed by atoms with E-state index in [0.29, 0.717) is 33.3 Å². The number of hydrogen-bond acceptors (Lipinski definition) is 6. The maximum absolute atomic E-state index is 12.8. The summed E-state index contributed by atoms with van der Waals surface area (Å²) in [5.41, 5.74) is 2.26. The van der Waals surface area contributed by atoms with Gasteiger partial charge in [0.05, 0.1) is 16.0 Å². The van der Waals surface area contributed by atoms with Gasteiger partial charge in [0.15, 0.2) is 11.3 Å². The predicted octanol–water partition coefficient (Wildman–Crippen LogP) is 4.18. The lowest BCUT2D eigenvalue weighted by Crippen LogP contribution is -2.30. The molecule has 0 unspecified atom stereocenters. The van der Waals surface area contributed by atoms with Gasteiger partial charge in [0, 0.05) is 5.69 Å². The second-order valence-electron chi connectivity index (χ2n) is 7.02. The van der Waals surface area contributed by atoms with Crippen LogP contribution in [0.3, 0.4) is 0 Å². The molecule has 1 N–H and O–H groups in total. The lowest BCUT2D eigenvalue weighted by Gasteiger charge is -2.10. The van der Waals surface area contributed by atoms with Crippen molar-refractivity contribution < 1.29 is 9.21 Å². The van der Waals surface area contributed by atoms with Crippen LogP contribution in [-0.4, -0.2) is 20.7 Å². The molecule has 0 bridgehead atoms. The topological polar surface area (TPSA) is 90.0 Å². The zero-order valence-corrected chi connectivity index (χ0v) is 17.1. The normalized spacial score (nSPS) is 11.3. The summed E-state index contributed by atoms with van der Waals surface area (Å²) in [7, 11) is 0. The number of fused-ring (bicyclic) bond motifs is 1. The Morgan fingerprint density at radius 3 is 2.66 bits per heavy atom. The number of aromatic nitrogens is 3. The van der Waals surface area contributed by atoms with Crippen molar-refractivity contribution in [3.05, 3.63) is 63.6 Å². The maximum Gasteiger partial charge on any atom is 0.294 e. The van der Waals surface area contributed by atoms with Gasteiger partial charge >= 0.3 is 0 Å². The highest BCUT2D eigenvalue weighted by atomic mass is 32.1. The van der Waals surface area contributed by atoms with Gasteiger partial charge < -0.3 is 9.73 Å². The summed E-state index contributed by atoms with van der Waals surface area (Å²) >= 11 is 1.38. The first kappa shape index (κ1) is 19.1. The quantitative estimate of drug-likeness (QED) is 0.535. The third kappa shape index (κ3) is 3.84. The number of thiazole rings is 1. The van der Waals surface area contributed by atoms with Crippen molar-refractivity contribution in [3.63, 3.8) is 0 Å². The van der Waals surface area contributed by atoms with E-state index in [1.54, 1.807) is 18.4 Å². The molecular weight excluding hydrogens is 388 g/mol. The first-order chi connectivity index (χ1) is 13.9. The first-order valence-electron chi connectivity index (χ1n) is 9.24. The molecule has 1 aromatic carbocycles. The highest BCUT2D eigenvalue weighted by molar-refractivity contribution is 7.19. The third-order valence-electron chi connectivity index (χ3n) is 4.52. The van der Waals surface area contributed by atoms with Crippen molar-refractivity contribution in [2.24, 2.45) is 0 Å². The Hall–Kier alpha value is -3.26. The van der Waals surface area contributed by atoms with E-state index in [4.69, 9.17) is 4.42 Å². The van der Waals surface area contributed by atoms with Gasteiger partial charge in [-0.1, -0.05) is 26.0 Å². The Kier molecular flexibility index (Phi) is 5.02. The summed E-state index contributed by atoms with van der Waals surface area (Å²) in [5, 5.41) is 7.96. The monoisotopic (exact) mass is 408 g/mol. The molecule has 0 spiro atoms. The molecule has 29 heavy (non-hydrogen) atoms. The van der Waals surface area contributed by atoms with Crippen LogP contribution in [0.25, 0.3) is 21.7 Å². The third-order valence-corrected chi connectivity index (χ3v) is 5.49. The summed E-state index contributed by atoms with van der Waals surface area (Å²) in [6.45, 7) is 5.83. The fourth-order valence-corrected chi connectivity index (χ4v) is 3.94. The SMILES string of the molecule is Cc1nc2c(=O)n(CC(=O)Nc3ccc(C(C)C)cc3)nc(-c3ccco3)c2s1. The van der Waals surface area contributed by atoms with E-state index in [1.165, 1.54) is 16.9 Å². The largest absolute Gasteiger partial charge is 0.463 e. The number of nitrogens with one attached hydrogen (secondary N) is 1. The number of benzene rings is 1. The van der Waals surface area contributed by atoms with Crippen molar-refractivity contribution in [2.75, 3.05) is 5.32 Å². The highest BCUT2D eigenvalue weighted by Gasteiger charge is 2.19. The second kappa shape index (κ2) is 7.63. The van der Waals surface area contributed by atoms with E-state index in [-0.39, 0.29) is 12.5 Å². The number of carbonyl (C=O) groups is 1. The molecule has 0 aliphatic heterocycles. The Balaban J connectivity index is 1.64. The Bertz CT molecular complexity index is 1220. The van der Waals surface area contributed by atoms with E-state index in [2.05, 4.69) is 29.2 Å². The minimum absolute atomic E-state index is 0.217. The summed E-state index contributed by atoms with van der Waals surface area (Å²) in [6, 6.07) is 11.2. The van der Waals surface area contributed by atoms with Crippen LogP contribution in [-0.2, 0) is 11.3 Å². The van der Waals surface area contributed by atoms with Gasteiger partial charge in [-0.2, -0.15) is 5.10 Å². The fraction of sp³-hybridized carbons (Fsp3) is 0.238. The molecule has 0 fully saturated rings. The predicted molar refractivity (Wildman–Crippen MR) is 113 cm³/mol. The van der Waals surface area contributed by atoms with Gasteiger partial charge in [0.1, 0.15) is 12.2 Å². The smallest absolute Gasteiger partial charge is 0.294 e. The van der Waals surface area contributed by atoms with Gasteiger partial charge in [0.25, 0.3) is 5.56 Å². The van der Waals surface area contributed by atoms with Crippen molar-refractivity contribution in [3.8, 4) is 11.5 Å². The Morgan fingerprint density at radius 2 is 2.00 bits per heavy atom. The summed E-state index contributed by atoms with van der Waals surface area (Å²) < 4.78 is 7.26. The lowest BCUT2D eigenvalue weighted by molar-refractivity contribution is -0.117. The lowest BCUT2D eigenvalue weighted by atomic mass is 10.0. The van der Waals surface area contributed by atoms with E-state index >= 15 is 0 Å². The van der Waals surface area contributed by atoms with E-state index in [9.17, 15) is 9.59 Å².